The third kappa shape index (κ3) is 36.0. The summed E-state index contributed by atoms with van der Waals surface area (Å²) in [5.41, 5.74) is 0. The van der Waals surface area contributed by atoms with Crippen molar-refractivity contribution in [2.75, 3.05) is 13.2 Å². The van der Waals surface area contributed by atoms with Crippen LogP contribution in [0.1, 0.15) is 239 Å². The number of carbonyl (C=O) groups excluding carboxylic acids is 1. The van der Waals surface area contributed by atoms with E-state index in [1.165, 1.54) is 154 Å². The van der Waals surface area contributed by atoms with Crippen LogP contribution in [0.15, 0.2) is 60.8 Å². The average molecular weight is 930 g/mol. The normalized spacial score (nSPS) is 20.3. The average Bonchev–Trinajstić information content (AvgIpc) is 3.32. The molecule has 0 aliphatic carbocycles. The van der Waals surface area contributed by atoms with Gasteiger partial charge in [0.05, 0.1) is 25.4 Å². The van der Waals surface area contributed by atoms with Crippen molar-refractivity contribution < 1.29 is 39.8 Å². The zero-order chi connectivity index (χ0) is 48.0. The molecule has 9 heteroatoms. The van der Waals surface area contributed by atoms with Crippen molar-refractivity contribution in [3.63, 3.8) is 0 Å². The van der Waals surface area contributed by atoms with E-state index >= 15 is 0 Å². The summed E-state index contributed by atoms with van der Waals surface area (Å²) in [5.74, 6) is -0.180. The Morgan fingerprint density at radius 1 is 0.530 bits per heavy atom. The topological polar surface area (TPSA) is 149 Å². The SMILES string of the molecule is CC/C=C\C/C=C\C/C=C\C/C=C\CCCCCCCCCCCCCCC(=O)NC(COC1OC(CO)C(O)C(O)C1O)C(O)/C=C/CCCCCCCCCCCCCCCCCC. The fourth-order valence-electron chi connectivity index (χ4n) is 8.50. The van der Waals surface area contributed by atoms with Gasteiger partial charge in [-0.15, -0.1) is 0 Å². The van der Waals surface area contributed by atoms with E-state index in [0.717, 1.165) is 64.2 Å². The smallest absolute Gasteiger partial charge is 0.220 e. The molecule has 0 aromatic carbocycles. The molecule has 7 atom stereocenters. The molecule has 1 rings (SSSR count). The second kappa shape index (κ2) is 46.6. The van der Waals surface area contributed by atoms with E-state index in [9.17, 15) is 30.3 Å². The van der Waals surface area contributed by atoms with Gasteiger partial charge in [0.2, 0.25) is 5.91 Å². The molecule has 0 spiro atoms. The zero-order valence-electron chi connectivity index (χ0n) is 42.4. The number of amides is 1. The lowest BCUT2D eigenvalue weighted by Gasteiger charge is -2.40. The Bertz CT molecular complexity index is 1220. The number of ether oxygens (including phenoxy) is 2. The molecule has 0 saturated carbocycles. The predicted octanol–water partition coefficient (Wildman–Crippen LogP) is 13.1. The summed E-state index contributed by atoms with van der Waals surface area (Å²) in [7, 11) is 0. The van der Waals surface area contributed by atoms with Crippen LogP contribution in [0.2, 0.25) is 0 Å². The van der Waals surface area contributed by atoms with Crippen molar-refractivity contribution in [2.45, 2.75) is 281 Å². The quantitative estimate of drug-likeness (QED) is 0.0261. The number of allylic oxidation sites excluding steroid dienone is 9. The van der Waals surface area contributed by atoms with E-state index in [1.807, 2.05) is 6.08 Å². The Labute approximate surface area is 405 Å². The molecule has 1 aliphatic rings. The van der Waals surface area contributed by atoms with Crippen molar-refractivity contribution in [1.82, 2.24) is 5.32 Å². The van der Waals surface area contributed by atoms with Gasteiger partial charge in [0.25, 0.3) is 0 Å². The molecule has 1 heterocycles. The number of hydrogen-bond acceptors (Lipinski definition) is 8. The summed E-state index contributed by atoms with van der Waals surface area (Å²) in [5, 5.41) is 54.5. The van der Waals surface area contributed by atoms with Crippen LogP contribution in [0.5, 0.6) is 0 Å². The number of nitrogens with one attached hydrogen (secondary N) is 1. The van der Waals surface area contributed by atoms with E-state index in [1.54, 1.807) is 6.08 Å². The van der Waals surface area contributed by atoms with Gasteiger partial charge >= 0.3 is 0 Å². The molecule has 0 aromatic rings. The van der Waals surface area contributed by atoms with E-state index in [-0.39, 0.29) is 12.5 Å². The zero-order valence-corrected chi connectivity index (χ0v) is 42.4. The summed E-state index contributed by atoms with van der Waals surface area (Å²) < 4.78 is 11.3. The highest BCUT2D eigenvalue weighted by molar-refractivity contribution is 5.76. The fourth-order valence-corrected chi connectivity index (χ4v) is 8.50. The molecule has 0 aromatic heterocycles. The van der Waals surface area contributed by atoms with Gasteiger partial charge in [-0.05, 0) is 57.8 Å². The summed E-state index contributed by atoms with van der Waals surface area (Å²) >= 11 is 0. The van der Waals surface area contributed by atoms with E-state index in [2.05, 4.69) is 67.8 Å². The highest BCUT2D eigenvalue weighted by Crippen LogP contribution is 2.23. The van der Waals surface area contributed by atoms with Crippen molar-refractivity contribution >= 4 is 5.91 Å². The molecule has 66 heavy (non-hydrogen) atoms. The van der Waals surface area contributed by atoms with Gasteiger partial charge in [-0.25, -0.2) is 0 Å². The first-order valence-corrected chi connectivity index (χ1v) is 27.5. The number of carbonyl (C=O) groups is 1. The molecule has 1 aliphatic heterocycles. The Morgan fingerprint density at radius 2 is 0.939 bits per heavy atom. The molecule has 0 radical (unpaired) electrons. The van der Waals surface area contributed by atoms with Crippen molar-refractivity contribution in [1.29, 1.82) is 0 Å². The van der Waals surface area contributed by atoms with E-state index in [4.69, 9.17) is 9.47 Å². The van der Waals surface area contributed by atoms with Crippen molar-refractivity contribution in [3.05, 3.63) is 60.8 Å². The van der Waals surface area contributed by atoms with Gasteiger partial charge in [-0.2, -0.15) is 0 Å². The molecule has 7 unspecified atom stereocenters. The highest BCUT2D eigenvalue weighted by atomic mass is 16.7. The van der Waals surface area contributed by atoms with Crippen LogP contribution < -0.4 is 5.32 Å². The van der Waals surface area contributed by atoms with Crippen LogP contribution in [-0.2, 0) is 14.3 Å². The van der Waals surface area contributed by atoms with Gasteiger partial charge in [-0.3, -0.25) is 4.79 Å². The van der Waals surface area contributed by atoms with Crippen LogP contribution in [0.25, 0.3) is 0 Å². The standard InChI is InChI=1S/C57H103NO8/c1-3-5-7-9-11-13-15-17-19-21-23-24-25-26-27-28-29-31-33-35-37-39-41-43-45-47-53(61)58-50(49-65-57-56(64)55(63)54(62)52(48-59)66-57)51(60)46-44-42-40-38-36-34-32-30-22-20-18-16-14-12-10-8-6-4-2/h5,7,11,13,17,19,23-24,44,46,50-52,54-57,59-60,62-64H,3-4,6,8-10,12,14-16,18,20-22,25-43,45,47-49H2,1-2H3,(H,58,61)/b7-5-,13-11-,19-17-,24-23-,46-44+. The Hall–Kier alpha value is -2.11. The minimum Gasteiger partial charge on any atom is -0.394 e. The summed E-state index contributed by atoms with van der Waals surface area (Å²) in [4.78, 5) is 13.0. The van der Waals surface area contributed by atoms with Gasteiger partial charge in [-0.1, -0.05) is 235 Å². The monoisotopic (exact) mass is 930 g/mol. The van der Waals surface area contributed by atoms with Gasteiger partial charge in [0.15, 0.2) is 6.29 Å². The first-order chi connectivity index (χ1) is 32.3. The van der Waals surface area contributed by atoms with Gasteiger partial charge in [0.1, 0.15) is 24.4 Å². The Morgan fingerprint density at radius 3 is 1.39 bits per heavy atom. The Kier molecular flexibility index (Phi) is 43.7. The summed E-state index contributed by atoms with van der Waals surface area (Å²) in [6, 6.07) is -0.808. The molecule has 9 nitrogen and oxygen atoms in total. The van der Waals surface area contributed by atoms with E-state index < -0.39 is 49.5 Å². The van der Waals surface area contributed by atoms with Crippen molar-refractivity contribution in [2.24, 2.45) is 0 Å². The summed E-state index contributed by atoms with van der Waals surface area (Å²) in [6.45, 7) is 3.68. The minimum atomic E-state index is -1.57. The number of hydrogen-bond donors (Lipinski definition) is 6. The van der Waals surface area contributed by atoms with E-state index in [0.29, 0.717) is 6.42 Å². The van der Waals surface area contributed by atoms with Crippen LogP contribution in [0.4, 0.5) is 0 Å². The molecular weight excluding hydrogens is 827 g/mol. The first-order valence-electron chi connectivity index (χ1n) is 27.5. The molecule has 6 N–H and O–H groups in total. The van der Waals surface area contributed by atoms with Gasteiger partial charge < -0.3 is 40.3 Å². The maximum absolute atomic E-state index is 13.0. The van der Waals surface area contributed by atoms with Gasteiger partial charge in [0, 0.05) is 6.42 Å². The fraction of sp³-hybridized carbons (Fsp3) is 0.807. The maximum atomic E-state index is 13.0. The molecule has 0 bridgehead atoms. The maximum Gasteiger partial charge on any atom is 0.220 e. The third-order valence-electron chi connectivity index (χ3n) is 12.8. The highest BCUT2D eigenvalue weighted by Gasteiger charge is 2.44. The lowest BCUT2D eigenvalue weighted by Crippen LogP contribution is -2.60. The largest absolute Gasteiger partial charge is 0.394 e. The molecule has 384 valence electrons. The van der Waals surface area contributed by atoms with Crippen molar-refractivity contribution in [3.8, 4) is 0 Å². The van der Waals surface area contributed by atoms with Crippen LogP contribution in [0.3, 0.4) is 0 Å². The second-order valence-corrected chi connectivity index (χ2v) is 19.0. The number of aliphatic hydroxyl groups is 5. The first kappa shape index (κ1) is 61.9. The molecule has 1 amide bonds. The molecule has 1 saturated heterocycles. The molecular formula is C57H103NO8. The number of aliphatic hydroxyl groups excluding tert-OH is 5. The third-order valence-corrected chi connectivity index (χ3v) is 12.8. The molecule has 1 fully saturated rings. The number of unbranched alkanes of at least 4 members (excludes halogenated alkanes) is 28. The second-order valence-electron chi connectivity index (χ2n) is 19.0. The number of rotatable bonds is 46. The van der Waals surface area contributed by atoms with Crippen LogP contribution >= 0.6 is 0 Å². The lowest BCUT2D eigenvalue weighted by molar-refractivity contribution is -0.302. The van der Waals surface area contributed by atoms with Crippen LogP contribution in [0, 0.1) is 0 Å². The predicted molar refractivity (Wildman–Crippen MR) is 276 cm³/mol. The lowest BCUT2D eigenvalue weighted by atomic mass is 9.99. The Balaban J connectivity index is 2.25. The minimum absolute atomic E-state index is 0.180. The van der Waals surface area contributed by atoms with Crippen LogP contribution in [-0.4, -0.2) is 87.5 Å². The summed E-state index contributed by atoms with van der Waals surface area (Å²) in [6.07, 6.45) is 55.5.